The summed E-state index contributed by atoms with van der Waals surface area (Å²) in [5.41, 5.74) is 4.29. The van der Waals surface area contributed by atoms with Crippen LogP contribution in [-0.4, -0.2) is 16.1 Å². The van der Waals surface area contributed by atoms with E-state index in [0.29, 0.717) is 16.0 Å². The molecule has 2 N–H and O–H groups in total. The first-order valence-electron chi connectivity index (χ1n) is 7.68. The van der Waals surface area contributed by atoms with Crippen molar-refractivity contribution in [3.63, 3.8) is 0 Å². The van der Waals surface area contributed by atoms with Crippen LogP contribution in [0.25, 0.3) is 22.2 Å². The number of carboxylic acids is 1. The Kier molecular flexibility index (Phi) is 4.57. The van der Waals surface area contributed by atoms with E-state index in [1.54, 1.807) is 12.1 Å². The lowest BCUT2D eigenvalue weighted by Gasteiger charge is -2.07. The Morgan fingerprint density at radius 1 is 1.17 bits per heavy atom. The maximum atomic E-state index is 11.4. The van der Waals surface area contributed by atoms with Crippen LogP contribution in [0.4, 0.5) is 0 Å². The molecule has 1 aromatic heterocycles. The lowest BCUT2D eigenvalue weighted by molar-refractivity contribution is -0.136. The quantitative estimate of drug-likeness (QED) is 0.608. The zero-order valence-corrected chi connectivity index (χ0v) is 14.9. The van der Waals surface area contributed by atoms with Crippen LogP contribution < -0.4 is 0 Å². The molecule has 0 aliphatic carbocycles. The number of nitrogens with one attached hydrogen (secondary N) is 1. The molecule has 0 amide bonds. The number of H-pyrrole nitrogens is 1. The van der Waals surface area contributed by atoms with Gasteiger partial charge in [0.2, 0.25) is 0 Å². The molecule has 0 unspecified atom stereocenters. The fraction of sp³-hybridized carbons (Fsp3) is 0.211. The monoisotopic (exact) mass is 361 g/mol. The van der Waals surface area contributed by atoms with Gasteiger partial charge in [-0.25, -0.2) is 0 Å². The highest BCUT2D eigenvalue weighted by atomic mass is 35.5. The molecule has 3 aromatic rings. The van der Waals surface area contributed by atoms with E-state index in [1.807, 2.05) is 12.1 Å². The topological polar surface area (TPSA) is 53.1 Å². The van der Waals surface area contributed by atoms with Gasteiger partial charge in [-0.05, 0) is 47.4 Å². The fourth-order valence-electron chi connectivity index (χ4n) is 2.88. The Morgan fingerprint density at radius 2 is 1.92 bits per heavy atom. The van der Waals surface area contributed by atoms with Gasteiger partial charge in [0.25, 0.3) is 0 Å². The van der Waals surface area contributed by atoms with Gasteiger partial charge in [0.1, 0.15) is 0 Å². The first-order chi connectivity index (χ1) is 11.4. The number of aromatic nitrogens is 1. The zero-order valence-electron chi connectivity index (χ0n) is 13.4. The number of halogens is 2. The van der Waals surface area contributed by atoms with Crippen LogP contribution in [0, 0.1) is 0 Å². The Labute approximate surface area is 150 Å². The SMILES string of the molecule is CC(C)c1ccc2[nH]c(-c3ccc(Cl)cc3Cl)c(CC(=O)O)c2c1. The number of hydrogen-bond donors (Lipinski definition) is 2. The minimum atomic E-state index is -0.878. The van der Waals surface area contributed by atoms with Crippen molar-refractivity contribution in [3.8, 4) is 11.3 Å². The van der Waals surface area contributed by atoms with Crippen molar-refractivity contribution in [3.05, 3.63) is 57.6 Å². The largest absolute Gasteiger partial charge is 0.481 e. The molecule has 24 heavy (non-hydrogen) atoms. The summed E-state index contributed by atoms with van der Waals surface area (Å²) in [6, 6.07) is 11.3. The van der Waals surface area contributed by atoms with E-state index in [9.17, 15) is 9.90 Å². The molecule has 5 heteroatoms. The van der Waals surface area contributed by atoms with Gasteiger partial charge in [0.05, 0.1) is 17.1 Å². The molecule has 0 atom stereocenters. The van der Waals surface area contributed by atoms with Crippen LogP contribution in [0.1, 0.15) is 30.9 Å². The van der Waals surface area contributed by atoms with Crippen molar-refractivity contribution < 1.29 is 9.90 Å². The standard InChI is InChI=1S/C19H17Cl2NO2/c1-10(2)11-3-6-17-14(7-11)15(9-18(23)24)19(22-17)13-5-4-12(20)8-16(13)21/h3-8,10,22H,9H2,1-2H3,(H,23,24). The molecule has 0 saturated carbocycles. The van der Waals surface area contributed by atoms with E-state index >= 15 is 0 Å². The van der Waals surface area contributed by atoms with E-state index in [-0.39, 0.29) is 6.42 Å². The molecule has 0 radical (unpaired) electrons. The number of fused-ring (bicyclic) bond motifs is 1. The van der Waals surface area contributed by atoms with Gasteiger partial charge in [0.15, 0.2) is 0 Å². The lowest BCUT2D eigenvalue weighted by atomic mass is 9.98. The first-order valence-corrected chi connectivity index (χ1v) is 8.44. The number of hydrogen-bond acceptors (Lipinski definition) is 1. The van der Waals surface area contributed by atoms with Crippen molar-refractivity contribution in [1.29, 1.82) is 0 Å². The second kappa shape index (κ2) is 6.50. The molecule has 2 aromatic carbocycles. The van der Waals surface area contributed by atoms with Crippen LogP contribution in [0.5, 0.6) is 0 Å². The second-order valence-corrected chi connectivity index (χ2v) is 6.98. The van der Waals surface area contributed by atoms with Crippen LogP contribution >= 0.6 is 23.2 Å². The van der Waals surface area contributed by atoms with Crippen molar-refractivity contribution in [1.82, 2.24) is 4.98 Å². The van der Waals surface area contributed by atoms with Crippen molar-refractivity contribution >= 4 is 40.1 Å². The van der Waals surface area contributed by atoms with Crippen molar-refractivity contribution in [2.24, 2.45) is 0 Å². The Bertz CT molecular complexity index is 929. The smallest absolute Gasteiger partial charge is 0.307 e. The molecule has 124 valence electrons. The second-order valence-electron chi connectivity index (χ2n) is 6.13. The highest BCUT2D eigenvalue weighted by Crippen LogP contribution is 2.37. The third kappa shape index (κ3) is 3.14. The average Bonchev–Trinajstić information content (AvgIpc) is 2.84. The number of aliphatic carboxylic acids is 1. The first kappa shape index (κ1) is 16.9. The average molecular weight is 362 g/mol. The van der Waals surface area contributed by atoms with Gasteiger partial charge in [-0.1, -0.05) is 43.1 Å². The predicted molar refractivity (Wildman–Crippen MR) is 99.2 cm³/mol. The zero-order chi connectivity index (χ0) is 17.4. The van der Waals surface area contributed by atoms with Crippen LogP contribution in [0.3, 0.4) is 0 Å². The number of carboxylic acid groups (broad SMARTS) is 1. The Balaban J connectivity index is 2.28. The van der Waals surface area contributed by atoms with E-state index in [4.69, 9.17) is 23.2 Å². The van der Waals surface area contributed by atoms with Crippen LogP contribution in [0.2, 0.25) is 10.0 Å². The summed E-state index contributed by atoms with van der Waals surface area (Å²) in [5.74, 6) is -0.512. The molecule has 0 aliphatic rings. The third-order valence-electron chi connectivity index (χ3n) is 4.13. The molecule has 3 rings (SSSR count). The molecule has 0 fully saturated rings. The minimum absolute atomic E-state index is 0.0736. The summed E-state index contributed by atoms with van der Waals surface area (Å²) in [6.07, 6.45) is -0.0736. The normalized spacial score (nSPS) is 11.4. The predicted octanol–water partition coefficient (Wildman–Crippen LogP) is 5.89. The molecule has 3 nitrogen and oxygen atoms in total. The van der Waals surface area contributed by atoms with Crippen LogP contribution in [-0.2, 0) is 11.2 Å². The van der Waals surface area contributed by atoms with E-state index in [2.05, 4.69) is 31.0 Å². The third-order valence-corrected chi connectivity index (χ3v) is 4.67. The van der Waals surface area contributed by atoms with Gasteiger partial charge in [-0.2, -0.15) is 0 Å². The summed E-state index contributed by atoms with van der Waals surface area (Å²) < 4.78 is 0. The molecule has 0 spiro atoms. The number of rotatable bonds is 4. The molecule has 0 aliphatic heterocycles. The van der Waals surface area contributed by atoms with Gasteiger partial charge in [-0.15, -0.1) is 0 Å². The maximum absolute atomic E-state index is 11.4. The Morgan fingerprint density at radius 3 is 2.54 bits per heavy atom. The lowest BCUT2D eigenvalue weighted by Crippen LogP contribution is -2.01. The van der Waals surface area contributed by atoms with E-state index in [0.717, 1.165) is 27.7 Å². The number of carbonyl (C=O) groups is 1. The van der Waals surface area contributed by atoms with Gasteiger partial charge >= 0.3 is 5.97 Å². The Hall–Kier alpha value is -1.97. The molecule has 0 bridgehead atoms. The molecule has 1 heterocycles. The highest BCUT2D eigenvalue weighted by molar-refractivity contribution is 6.36. The number of aromatic amines is 1. The van der Waals surface area contributed by atoms with E-state index < -0.39 is 5.97 Å². The summed E-state index contributed by atoms with van der Waals surface area (Å²) in [6.45, 7) is 4.23. The van der Waals surface area contributed by atoms with Crippen molar-refractivity contribution in [2.45, 2.75) is 26.2 Å². The van der Waals surface area contributed by atoms with Crippen LogP contribution in [0.15, 0.2) is 36.4 Å². The summed E-state index contributed by atoms with van der Waals surface area (Å²) in [7, 11) is 0. The molecular formula is C19H17Cl2NO2. The molecular weight excluding hydrogens is 345 g/mol. The van der Waals surface area contributed by atoms with Gasteiger partial charge < -0.3 is 10.1 Å². The maximum Gasteiger partial charge on any atom is 0.307 e. The molecule has 0 saturated heterocycles. The van der Waals surface area contributed by atoms with Crippen molar-refractivity contribution in [2.75, 3.05) is 0 Å². The van der Waals surface area contributed by atoms with Gasteiger partial charge in [0, 0.05) is 21.5 Å². The van der Waals surface area contributed by atoms with E-state index in [1.165, 1.54) is 5.56 Å². The van der Waals surface area contributed by atoms with Gasteiger partial charge in [-0.3, -0.25) is 4.79 Å². The summed E-state index contributed by atoms with van der Waals surface area (Å²) in [5, 5.41) is 11.3. The number of benzene rings is 2. The fourth-order valence-corrected chi connectivity index (χ4v) is 3.38. The summed E-state index contributed by atoms with van der Waals surface area (Å²) >= 11 is 12.3. The highest BCUT2D eigenvalue weighted by Gasteiger charge is 2.18. The minimum Gasteiger partial charge on any atom is -0.481 e. The summed E-state index contributed by atoms with van der Waals surface area (Å²) in [4.78, 5) is 14.7.